The number of rotatable bonds is 6. The van der Waals surface area contributed by atoms with E-state index in [1.54, 1.807) is 22.5 Å². The molecule has 2 saturated heterocycles. The standard InChI is InChI=1S/C19H29N3O4S/c20-18(16-7-11-26-12-8-16)19(23)21-14-15-5-4-6-17(13-15)27(24,25)22-9-2-1-3-10-22/h4-6,13,16,18H,1-3,7-12,14,20H2,(H,21,23). The second-order valence-electron chi connectivity index (χ2n) is 7.31. The summed E-state index contributed by atoms with van der Waals surface area (Å²) in [7, 11) is -3.47. The van der Waals surface area contributed by atoms with Gasteiger partial charge in [-0.3, -0.25) is 4.79 Å². The number of sulfonamides is 1. The SMILES string of the molecule is NC(C(=O)NCc1cccc(S(=O)(=O)N2CCCCC2)c1)C1CCOCC1. The van der Waals surface area contributed by atoms with Gasteiger partial charge in [0.1, 0.15) is 0 Å². The molecule has 7 nitrogen and oxygen atoms in total. The molecule has 2 fully saturated rings. The van der Waals surface area contributed by atoms with Crippen LogP contribution < -0.4 is 11.1 Å². The molecule has 1 amide bonds. The zero-order chi connectivity index (χ0) is 19.3. The van der Waals surface area contributed by atoms with Gasteiger partial charge in [-0.25, -0.2) is 8.42 Å². The number of hydrogen-bond donors (Lipinski definition) is 2. The van der Waals surface area contributed by atoms with Crippen molar-refractivity contribution in [1.82, 2.24) is 9.62 Å². The Morgan fingerprint density at radius 3 is 2.63 bits per heavy atom. The molecule has 27 heavy (non-hydrogen) atoms. The van der Waals surface area contributed by atoms with E-state index in [9.17, 15) is 13.2 Å². The summed E-state index contributed by atoms with van der Waals surface area (Å²) in [5, 5.41) is 2.84. The van der Waals surface area contributed by atoms with Crippen LogP contribution in [0.25, 0.3) is 0 Å². The third-order valence-electron chi connectivity index (χ3n) is 5.39. The number of ether oxygens (including phenoxy) is 1. The third kappa shape index (κ3) is 5.07. The number of nitrogens with zero attached hydrogens (tertiary/aromatic N) is 1. The molecule has 0 saturated carbocycles. The summed E-state index contributed by atoms with van der Waals surface area (Å²) < 4.78 is 32.5. The van der Waals surface area contributed by atoms with Gasteiger partial charge in [0, 0.05) is 32.8 Å². The molecule has 0 bridgehead atoms. The molecule has 0 radical (unpaired) electrons. The minimum absolute atomic E-state index is 0.129. The molecule has 1 atom stereocenters. The molecule has 1 unspecified atom stereocenters. The Morgan fingerprint density at radius 1 is 1.22 bits per heavy atom. The molecule has 1 aromatic carbocycles. The van der Waals surface area contributed by atoms with Crippen LogP contribution in [0.15, 0.2) is 29.2 Å². The lowest BCUT2D eigenvalue weighted by Gasteiger charge is -2.27. The number of carbonyl (C=O) groups excluding carboxylic acids is 1. The fourth-order valence-corrected chi connectivity index (χ4v) is 5.25. The van der Waals surface area contributed by atoms with Gasteiger partial charge in [0.15, 0.2) is 0 Å². The normalized spacial score (nSPS) is 20.9. The van der Waals surface area contributed by atoms with Gasteiger partial charge in [-0.2, -0.15) is 4.31 Å². The van der Waals surface area contributed by atoms with E-state index >= 15 is 0 Å². The number of benzene rings is 1. The van der Waals surface area contributed by atoms with Gasteiger partial charge < -0.3 is 15.8 Å². The molecule has 2 aliphatic rings. The Balaban J connectivity index is 1.61. The molecule has 2 heterocycles. The number of nitrogens with two attached hydrogens (primary N) is 1. The quantitative estimate of drug-likeness (QED) is 0.754. The number of carbonyl (C=O) groups is 1. The van der Waals surface area contributed by atoms with Gasteiger partial charge in [-0.05, 0) is 49.3 Å². The second-order valence-corrected chi connectivity index (χ2v) is 9.24. The highest BCUT2D eigenvalue weighted by Crippen LogP contribution is 2.21. The van der Waals surface area contributed by atoms with E-state index in [-0.39, 0.29) is 23.3 Å². The minimum atomic E-state index is -3.47. The Kier molecular flexibility index (Phi) is 6.86. The highest BCUT2D eigenvalue weighted by Gasteiger charge is 2.27. The summed E-state index contributed by atoms with van der Waals surface area (Å²) in [6.07, 6.45) is 4.46. The van der Waals surface area contributed by atoms with Crippen LogP contribution >= 0.6 is 0 Å². The van der Waals surface area contributed by atoms with Crippen LogP contribution in [0.3, 0.4) is 0 Å². The maximum Gasteiger partial charge on any atom is 0.243 e. The molecule has 2 aliphatic heterocycles. The topological polar surface area (TPSA) is 102 Å². The first-order valence-corrected chi connectivity index (χ1v) is 11.1. The molecule has 3 rings (SSSR count). The van der Waals surface area contributed by atoms with E-state index in [0.717, 1.165) is 37.7 Å². The van der Waals surface area contributed by atoms with E-state index in [0.29, 0.717) is 26.3 Å². The molecule has 3 N–H and O–H groups in total. The lowest BCUT2D eigenvalue weighted by molar-refractivity contribution is -0.124. The van der Waals surface area contributed by atoms with E-state index in [1.165, 1.54) is 0 Å². The summed E-state index contributed by atoms with van der Waals surface area (Å²) >= 11 is 0. The predicted molar refractivity (Wildman–Crippen MR) is 102 cm³/mol. The highest BCUT2D eigenvalue weighted by molar-refractivity contribution is 7.89. The largest absolute Gasteiger partial charge is 0.381 e. The van der Waals surface area contributed by atoms with Crippen LogP contribution in [-0.2, 0) is 26.1 Å². The van der Waals surface area contributed by atoms with Crippen molar-refractivity contribution < 1.29 is 17.9 Å². The first kappa shape index (κ1) is 20.3. The van der Waals surface area contributed by atoms with E-state index in [1.807, 2.05) is 6.07 Å². The molecular weight excluding hydrogens is 366 g/mol. The molecular formula is C19H29N3O4S. The van der Waals surface area contributed by atoms with Crippen LogP contribution in [0.4, 0.5) is 0 Å². The van der Waals surface area contributed by atoms with Crippen LogP contribution in [0.1, 0.15) is 37.7 Å². The maximum atomic E-state index is 12.8. The van der Waals surface area contributed by atoms with Crippen molar-refractivity contribution in [3.63, 3.8) is 0 Å². The van der Waals surface area contributed by atoms with Crippen LogP contribution in [0.5, 0.6) is 0 Å². The fraction of sp³-hybridized carbons (Fsp3) is 0.632. The van der Waals surface area contributed by atoms with Crippen LogP contribution in [0.2, 0.25) is 0 Å². The van der Waals surface area contributed by atoms with E-state index in [2.05, 4.69) is 5.32 Å². The maximum absolute atomic E-state index is 12.8. The van der Waals surface area contributed by atoms with Gasteiger partial charge in [0.05, 0.1) is 10.9 Å². The predicted octanol–water partition coefficient (Wildman–Crippen LogP) is 1.23. The number of amides is 1. The molecule has 1 aromatic rings. The Bertz CT molecular complexity index is 741. The molecule has 0 aliphatic carbocycles. The van der Waals surface area contributed by atoms with Gasteiger partial charge in [-0.15, -0.1) is 0 Å². The smallest absolute Gasteiger partial charge is 0.243 e. The second kappa shape index (κ2) is 9.14. The Hall–Kier alpha value is -1.48. The number of piperidine rings is 1. The molecule has 0 aromatic heterocycles. The van der Waals surface area contributed by atoms with Crippen molar-refractivity contribution >= 4 is 15.9 Å². The van der Waals surface area contributed by atoms with E-state index < -0.39 is 16.1 Å². The summed E-state index contributed by atoms with van der Waals surface area (Å²) in [6, 6.07) is 6.23. The molecule has 0 spiro atoms. The van der Waals surface area contributed by atoms with Gasteiger partial charge >= 0.3 is 0 Å². The lowest BCUT2D eigenvalue weighted by Crippen LogP contribution is -2.46. The zero-order valence-electron chi connectivity index (χ0n) is 15.6. The fourth-order valence-electron chi connectivity index (χ4n) is 3.67. The number of nitrogens with one attached hydrogen (secondary N) is 1. The first-order valence-electron chi connectivity index (χ1n) is 9.68. The summed E-state index contributed by atoms with van der Waals surface area (Å²) in [5.74, 6) is -0.0734. The Labute approximate surface area is 161 Å². The average Bonchev–Trinajstić information content (AvgIpc) is 2.73. The van der Waals surface area contributed by atoms with Crippen LogP contribution in [-0.4, -0.2) is 51.0 Å². The van der Waals surface area contributed by atoms with Crippen LogP contribution in [0, 0.1) is 5.92 Å². The van der Waals surface area contributed by atoms with Crippen molar-refractivity contribution in [3.05, 3.63) is 29.8 Å². The average molecular weight is 396 g/mol. The lowest BCUT2D eigenvalue weighted by atomic mass is 9.92. The van der Waals surface area contributed by atoms with Crippen molar-refractivity contribution in [2.75, 3.05) is 26.3 Å². The van der Waals surface area contributed by atoms with E-state index in [4.69, 9.17) is 10.5 Å². The zero-order valence-corrected chi connectivity index (χ0v) is 16.4. The van der Waals surface area contributed by atoms with Gasteiger partial charge in [0.25, 0.3) is 0 Å². The summed E-state index contributed by atoms with van der Waals surface area (Å²) in [6.45, 7) is 2.69. The van der Waals surface area contributed by atoms with Gasteiger partial charge in [0.2, 0.25) is 15.9 Å². The first-order chi connectivity index (χ1) is 13.0. The van der Waals surface area contributed by atoms with Crippen molar-refractivity contribution in [1.29, 1.82) is 0 Å². The summed E-state index contributed by atoms with van der Waals surface area (Å²) in [4.78, 5) is 12.6. The van der Waals surface area contributed by atoms with Gasteiger partial charge in [-0.1, -0.05) is 18.6 Å². The minimum Gasteiger partial charge on any atom is -0.381 e. The van der Waals surface area contributed by atoms with Crippen molar-refractivity contribution in [3.8, 4) is 0 Å². The highest BCUT2D eigenvalue weighted by atomic mass is 32.2. The summed E-state index contributed by atoms with van der Waals surface area (Å²) in [5.41, 5.74) is 6.83. The molecule has 150 valence electrons. The van der Waals surface area contributed by atoms with Crippen molar-refractivity contribution in [2.45, 2.75) is 49.6 Å². The van der Waals surface area contributed by atoms with Crippen molar-refractivity contribution in [2.24, 2.45) is 11.7 Å². The molecule has 8 heteroatoms. The number of hydrogen-bond acceptors (Lipinski definition) is 5. The third-order valence-corrected chi connectivity index (χ3v) is 7.29. The monoisotopic (exact) mass is 395 g/mol. The Morgan fingerprint density at radius 2 is 1.93 bits per heavy atom.